The lowest BCUT2D eigenvalue weighted by atomic mass is 10.1. The van der Waals surface area contributed by atoms with Gasteiger partial charge >= 0.3 is 15.6 Å². The van der Waals surface area contributed by atoms with Gasteiger partial charge in [0.15, 0.2) is 17.4 Å². The molecule has 1 amide bonds. The second-order valence-corrected chi connectivity index (χ2v) is 11.0. The van der Waals surface area contributed by atoms with Gasteiger partial charge in [0.2, 0.25) is 11.9 Å². The number of imidazole rings is 1. The summed E-state index contributed by atoms with van der Waals surface area (Å²) in [6, 6.07) is 0. The molecule has 0 radical (unpaired) electrons. The van der Waals surface area contributed by atoms with Crippen molar-refractivity contribution in [2.75, 3.05) is 30.8 Å². The lowest BCUT2D eigenvalue weighted by molar-refractivity contribution is -0.120. The van der Waals surface area contributed by atoms with Crippen molar-refractivity contribution in [3.63, 3.8) is 0 Å². The number of nitrogens with one attached hydrogen (secondary N) is 3. The summed E-state index contributed by atoms with van der Waals surface area (Å²) in [5.74, 6) is 0.356. The standard InChI is InChI=1S/C16H26N6O12P2S/c23-9(2-5-37)17-3-1-4-18-16-20-13-10(14(26)21-16)19-7-22(13)15-12(25)11(24)8(33-15)6-32-36(30,31)34-35(27,28)29/h7-8,11-12,15,24-25,37H,1-6H2,(H,17,23)(H,30,31)(H2,27,28,29)(H2,18,20,21,26)/t8-,11-,12-,15-/m1/s1. The zero-order valence-corrected chi connectivity index (χ0v) is 21.6. The Hall–Kier alpha value is -1.89. The molecule has 2 aromatic rings. The second kappa shape index (κ2) is 12.3. The Balaban J connectivity index is 1.68. The molecule has 2 aromatic heterocycles. The summed E-state index contributed by atoms with van der Waals surface area (Å²) in [6.45, 7) is -0.170. The molecule has 21 heteroatoms. The SMILES string of the molecule is O=C(CCS)NCCCNc1nc2c(ncn2[C@@H]2O[C@H](COP(=O)(O)OP(=O)(O)O)[C@@H](O)[C@H]2O)c(=O)[nH]1. The average molecular weight is 588 g/mol. The minimum absolute atomic E-state index is 0.0242. The van der Waals surface area contributed by atoms with Crippen LogP contribution in [0.25, 0.3) is 11.2 Å². The van der Waals surface area contributed by atoms with E-state index in [9.17, 15) is 33.8 Å². The molecule has 0 aromatic carbocycles. The summed E-state index contributed by atoms with van der Waals surface area (Å²) in [7, 11) is -10.6. The summed E-state index contributed by atoms with van der Waals surface area (Å²) in [6.07, 6.45) is -4.17. The van der Waals surface area contributed by atoms with Crippen molar-refractivity contribution in [3.8, 4) is 0 Å². The number of phosphoric acid groups is 2. The highest BCUT2D eigenvalue weighted by Crippen LogP contribution is 2.57. The van der Waals surface area contributed by atoms with Gasteiger partial charge in [-0.15, -0.1) is 0 Å². The van der Waals surface area contributed by atoms with Crippen LogP contribution in [0.5, 0.6) is 0 Å². The highest BCUT2D eigenvalue weighted by Gasteiger charge is 2.46. The largest absolute Gasteiger partial charge is 0.481 e. The Labute approximate surface area is 213 Å². The molecule has 1 aliphatic rings. The molecule has 1 unspecified atom stereocenters. The quantitative estimate of drug-likeness (QED) is 0.0710. The lowest BCUT2D eigenvalue weighted by Gasteiger charge is -2.17. The number of anilines is 1. The first kappa shape index (κ1) is 29.7. The van der Waals surface area contributed by atoms with Crippen LogP contribution in [0, 0.1) is 0 Å². The van der Waals surface area contributed by atoms with E-state index in [0.717, 1.165) is 10.9 Å². The maximum absolute atomic E-state index is 12.4. The number of hydrogen-bond acceptors (Lipinski definition) is 13. The second-order valence-electron chi connectivity index (χ2n) is 7.73. The van der Waals surface area contributed by atoms with Crippen LogP contribution < -0.4 is 16.2 Å². The van der Waals surface area contributed by atoms with Crippen LogP contribution in [-0.2, 0) is 27.5 Å². The number of aliphatic hydroxyl groups excluding tert-OH is 2. The van der Waals surface area contributed by atoms with Gasteiger partial charge in [-0.05, 0) is 12.2 Å². The minimum atomic E-state index is -5.36. The molecular weight excluding hydrogens is 562 g/mol. The Bertz CT molecular complexity index is 1250. The van der Waals surface area contributed by atoms with Crippen LogP contribution in [-0.4, -0.2) is 94.1 Å². The minimum Gasteiger partial charge on any atom is -0.387 e. The van der Waals surface area contributed by atoms with Gasteiger partial charge < -0.3 is 40.3 Å². The Morgan fingerprint density at radius 1 is 1.24 bits per heavy atom. The molecule has 3 heterocycles. The average Bonchev–Trinajstić information content (AvgIpc) is 3.32. The highest BCUT2D eigenvalue weighted by atomic mass is 32.1. The zero-order valence-electron chi connectivity index (χ0n) is 18.9. The molecular formula is C16H26N6O12P2S. The van der Waals surface area contributed by atoms with Crippen molar-refractivity contribution < 1.29 is 52.4 Å². The highest BCUT2D eigenvalue weighted by molar-refractivity contribution is 7.80. The molecule has 0 bridgehead atoms. The van der Waals surface area contributed by atoms with E-state index in [0.29, 0.717) is 31.7 Å². The number of rotatable bonds is 13. The summed E-state index contributed by atoms with van der Waals surface area (Å²) < 4.78 is 37.2. The summed E-state index contributed by atoms with van der Waals surface area (Å²) in [5.41, 5.74) is -0.745. The molecule has 8 N–H and O–H groups in total. The summed E-state index contributed by atoms with van der Waals surface area (Å²) in [4.78, 5) is 61.3. The number of carbonyl (C=O) groups is 1. The molecule has 37 heavy (non-hydrogen) atoms. The topological polar surface area (TPSA) is 268 Å². The number of aromatic amines is 1. The number of carbonyl (C=O) groups excluding carboxylic acids is 1. The molecule has 208 valence electrons. The van der Waals surface area contributed by atoms with Crippen molar-refractivity contribution in [2.45, 2.75) is 37.4 Å². The number of aliphatic hydroxyl groups is 2. The maximum atomic E-state index is 12.4. The van der Waals surface area contributed by atoms with E-state index in [1.54, 1.807) is 0 Å². The number of ether oxygens (including phenoxy) is 1. The Morgan fingerprint density at radius 2 is 1.97 bits per heavy atom. The molecule has 0 saturated carbocycles. The molecule has 0 aliphatic carbocycles. The molecule has 5 atom stereocenters. The number of nitrogens with zero attached hydrogens (tertiary/aromatic N) is 3. The normalized spacial score (nSPS) is 23.7. The number of fused-ring (bicyclic) bond motifs is 1. The molecule has 3 rings (SSSR count). The van der Waals surface area contributed by atoms with E-state index >= 15 is 0 Å². The van der Waals surface area contributed by atoms with Gasteiger partial charge in [-0.3, -0.25) is 23.7 Å². The molecule has 1 fully saturated rings. The van der Waals surface area contributed by atoms with Gasteiger partial charge in [0.05, 0.1) is 12.9 Å². The monoisotopic (exact) mass is 588 g/mol. The van der Waals surface area contributed by atoms with Gasteiger partial charge in [0.25, 0.3) is 5.56 Å². The number of phosphoric ester groups is 1. The van der Waals surface area contributed by atoms with Crippen LogP contribution in [0.2, 0.25) is 0 Å². The van der Waals surface area contributed by atoms with Crippen molar-refractivity contribution in [2.24, 2.45) is 0 Å². The van der Waals surface area contributed by atoms with Crippen LogP contribution in [0.3, 0.4) is 0 Å². The van der Waals surface area contributed by atoms with Crippen LogP contribution in [0.15, 0.2) is 11.1 Å². The third-order valence-electron chi connectivity index (χ3n) is 4.96. The summed E-state index contributed by atoms with van der Waals surface area (Å²) >= 11 is 3.98. The van der Waals surface area contributed by atoms with E-state index in [1.807, 2.05) is 0 Å². The predicted octanol–water partition coefficient (Wildman–Crippen LogP) is -1.80. The van der Waals surface area contributed by atoms with E-state index in [1.165, 1.54) is 0 Å². The van der Waals surface area contributed by atoms with Crippen molar-refractivity contribution >= 4 is 51.3 Å². The molecule has 18 nitrogen and oxygen atoms in total. The fraction of sp³-hybridized carbons (Fsp3) is 0.625. The van der Waals surface area contributed by atoms with Gasteiger partial charge in [0.1, 0.15) is 18.3 Å². The number of H-pyrrole nitrogens is 1. The summed E-state index contributed by atoms with van der Waals surface area (Å²) in [5, 5.41) is 26.3. The number of thiol groups is 1. The first-order valence-electron chi connectivity index (χ1n) is 10.7. The fourth-order valence-electron chi connectivity index (χ4n) is 3.33. The Morgan fingerprint density at radius 3 is 2.65 bits per heavy atom. The zero-order chi connectivity index (χ0) is 27.4. The van der Waals surface area contributed by atoms with E-state index in [2.05, 4.69) is 47.0 Å². The van der Waals surface area contributed by atoms with Gasteiger partial charge in [-0.25, -0.2) is 14.1 Å². The van der Waals surface area contributed by atoms with Crippen LogP contribution in [0.4, 0.5) is 5.95 Å². The number of amides is 1. The van der Waals surface area contributed by atoms with Gasteiger partial charge in [-0.1, -0.05) is 0 Å². The van der Waals surface area contributed by atoms with Crippen molar-refractivity contribution in [3.05, 3.63) is 16.7 Å². The van der Waals surface area contributed by atoms with E-state index in [4.69, 9.17) is 14.5 Å². The first-order chi connectivity index (χ1) is 17.3. The molecule has 1 saturated heterocycles. The predicted molar refractivity (Wildman–Crippen MR) is 128 cm³/mol. The number of hydrogen-bond donors (Lipinski definition) is 9. The lowest BCUT2D eigenvalue weighted by Crippen LogP contribution is -2.33. The van der Waals surface area contributed by atoms with E-state index in [-0.39, 0.29) is 23.0 Å². The van der Waals surface area contributed by atoms with Crippen molar-refractivity contribution in [1.29, 1.82) is 0 Å². The van der Waals surface area contributed by atoms with Crippen molar-refractivity contribution in [1.82, 2.24) is 24.8 Å². The molecule has 0 spiro atoms. The van der Waals surface area contributed by atoms with Gasteiger partial charge in [0, 0.05) is 19.5 Å². The Kier molecular flexibility index (Phi) is 9.87. The third kappa shape index (κ3) is 8.05. The smallest absolute Gasteiger partial charge is 0.387 e. The number of aromatic nitrogens is 4. The third-order valence-corrected chi connectivity index (χ3v) is 7.34. The maximum Gasteiger partial charge on any atom is 0.481 e. The first-order valence-corrected chi connectivity index (χ1v) is 14.3. The van der Waals surface area contributed by atoms with E-state index < -0.39 is 52.4 Å². The van der Waals surface area contributed by atoms with Crippen LogP contribution in [0.1, 0.15) is 19.1 Å². The fourth-order valence-corrected chi connectivity index (χ4v) is 5.13. The van der Waals surface area contributed by atoms with Gasteiger partial charge in [-0.2, -0.15) is 21.9 Å². The van der Waals surface area contributed by atoms with Crippen LogP contribution >= 0.6 is 28.3 Å². The molecule has 1 aliphatic heterocycles.